The smallest absolute Gasteiger partial charge is 0.146 e. The Morgan fingerprint density at radius 2 is 2.19 bits per heavy atom. The molecule has 2 heterocycles. The maximum atomic E-state index is 13.8. The van der Waals surface area contributed by atoms with Crippen LogP contribution < -0.4 is 15.8 Å². The van der Waals surface area contributed by atoms with Crippen molar-refractivity contribution < 1.29 is 13.9 Å². The first-order valence-corrected chi connectivity index (χ1v) is 8.39. The third-order valence-corrected chi connectivity index (χ3v) is 4.26. The number of benzene rings is 2. The highest BCUT2D eigenvalue weighted by atomic mass is 19.1. The molecule has 0 unspecified atom stereocenters. The highest BCUT2D eigenvalue weighted by Crippen LogP contribution is 2.33. The van der Waals surface area contributed by atoms with E-state index in [0.717, 1.165) is 6.42 Å². The quantitative estimate of drug-likeness (QED) is 0.684. The molecule has 0 spiro atoms. The summed E-state index contributed by atoms with van der Waals surface area (Å²) >= 11 is 0. The molecule has 0 aliphatic carbocycles. The fraction of sp³-hybridized carbons (Fsp3) is 0.211. The number of ether oxygens (including phenoxy) is 2. The molecule has 7 nitrogen and oxygen atoms in total. The van der Waals surface area contributed by atoms with Gasteiger partial charge in [-0.05, 0) is 24.3 Å². The summed E-state index contributed by atoms with van der Waals surface area (Å²) in [7, 11) is 0. The van der Waals surface area contributed by atoms with E-state index < -0.39 is 5.82 Å². The van der Waals surface area contributed by atoms with Crippen LogP contribution in [0.25, 0.3) is 10.9 Å². The Labute approximate surface area is 154 Å². The first-order valence-electron chi connectivity index (χ1n) is 8.39. The molecule has 1 atom stereocenters. The van der Waals surface area contributed by atoms with Crippen molar-refractivity contribution in [3.05, 3.63) is 48.0 Å². The van der Waals surface area contributed by atoms with Gasteiger partial charge in [-0.15, -0.1) is 0 Å². The van der Waals surface area contributed by atoms with Crippen molar-refractivity contribution >= 4 is 28.1 Å². The van der Waals surface area contributed by atoms with E-state index in [2.05, 4.69) is 21.4 Å². The highest BCUT2D eigenvalue weighted by molar-refractivity contribution is 5.97. The number of rotatable bonds is 4. The van der Waals surface area contributed by atoms with Gasteiger partial charge in [-0.1, -0.05) is 0 Å². The van der Waals surface area contributed by atoms with Crippen LogP contribution in [-0.4, -0.2) is 29.3 Å². The van der Waals surface area contributed by atoms with Gasteiger partial charge in [0.25, 0.3) is 0 Å². The Balaban J connectivity index is 1.75. The summed E-state index contributed by atoms with van der Waals surface area (Å²) in [4.78, 5) is 8.43. The number of nitriles is 1. The largest absolute Gasteiger partial charge is 0.486 e. The average Bonchev–Trinajstić information content (AvgIpc) is 3.16. The predicted molar refractivity (Wildman–Crippen MR) is 98.2 cm³/mol. The number of hydrogen-bond acceptors (Lipinski definition) is 7. The van der Waals surface area contributed by atoms with Crippen molar-refractivity contribution in [3.63, 3.8) is 0 Å². The van der Waals surface area contributed by atoms with Crippen LogP contribution in [0, 0.1) is 17.1 Å². The normalized spacial score (nSPS) is 16.2. The van der Waals surface area contributed by atoms with Crippen molar-refractivity contribution in [2.45, 2.75) is 12.5 Å². The van der Waals surface area contributed by atoms with Crippen LogP contribution >= 0.6 is 0 Å². The fourth-order valence-electron chi connectivity index (χ4n) is 3.01. The molecule has 3 N–H and O–H groups in total. The van der Waals surface area contributed by atoms with Gasteiger partial charge >= 0.3 is 0 Å². The standard InChI is InChI=1S/C19H16FN5O2/c20-12-1-2-15(17(6-12)27-14-3-4-26-9-14)25-19-18-11(8-21)5-13(22)7-16(18)23-10-24-19/h1-2,5-7,10,14H,3-4,9,22H2,(H,23,24,25)/t14-/m0/s1. The number of fused-ring (bicyclic) bond motifs is 1. The lowest BCUT2D eigenvalue weighted by molar-refractivity contribution is 0.141. The summed E-state index contributed by atoms with van der Waals surface area (Å²) in [5, 5.41) is 13.1. The van der Waals surface area contributed by atoms with Gasteiger partial charge in [0.15, 0.2) is 0 Å². The molecule has 136 valence electrons. The highest BCUT2D eigenvalue weighted by Gasteiger charge is 2.20. The van der Waals surface area contributed by atoms with E-state index in [4.69, 9.17) is 15.2 Å². The topological polar surface area (TPSA) is 106 Å². The maximum Gasteiger partial charge on any atom is 0.146 e. The van der Waals surface area contributed by atoms with Gasteiger partial charge < -0.3 is 20.5 Å². The lowest BCUT2D eigenvalue weighted by Gasteiger charge is -2.17. The van der Waals surface area contributed by atoms with E-state index in [1.54, 1.807) is 18.2 Å². The van der Waals surface area contributed by atoms with E-state index in [1.165, 1.54) is 18.5 Å². The maximum absolute atomic E-state index is 13.8. The molecule has 1 aliphatic heterocycles. The molecule has 2 aromatic carbocycles. The number of halogens is 1. The Kier molecular flexibility index (Phi) is 4.44. The molecule has 1 fully saturated rings. The molecule has 0 amide bonds. The van der Waals surface area contributed by atoms with Gasteiger partial charge in [-0.25, -0.2) is 14.4 Å². The number of nitrogens with zero attached hydrogens (tertiary/aromatic N) is 3. The minimum atomic E-state index is -0.410. The van der Waals surface area contributed by atoms with E-state index in [1.807, 2.05) is 0 Å². The van der Waals surface area contributed by atoms with Gasteiger partial charge in [0.05, 0.1) is 35.4 Å². The molecule has 1 saturated heterocycles. The second kappa shape index (κ2) is 7.05. The summed E-state index contributed by atoms with van der Waals surface area (Å²) in [6.07, 6.45) is 1.98. The van der Waals surface area contributed by atoms with Gasteiger partial charge in [0, 0.05) is 18.2 Å². The third-order valence-electron chi connectivity index (χ3n) is 4.26. The van der Waals surface area contributed by atoms with E-state index in [0.29, 0.717) is 52.6 Å². The Morgan fingerprint density at radius 1 is 1.30 bits per heavy atom. The van der Waals surface area contributed by atoms with E-state index in [-0.39, 0.29) is 6.10 Å². The van der Waals surface area contributed by atoms with Gasteiger partial charge in [0.2, 0.25) is 0 Å². The summed E-state index contributed by atoms with van der Waals surface area (Å²) < 4.78 is 25.0. The minimum Gasteiger partial charge on any atom is -0.486 e. The first-order chi connectivity index (χ1) is 13.1. The number of nitrogens with one attached hydrogen (secondary N) is 1. The summed E-state index contributed by atoms with van der Waals surface area (Å²) in [6, 6.07) is 9.55. The predicted octanol–water partition coefficient (Wildman–Crippen LogP) is 3.13. The number of nitrogens with two attached hydrogens (primary N) is 1. The molecular weight excluding hydrogens is 349 g/mol. The summed E-state index contributed by atoms with van der Waals surface area (Å²) in [5.41, 5.74) is 7.69. The average molecular weight is 365 g/mol. The van der Waals surface area contributed by atoms with Crippen LogP contribution in [0.4, 0.5) is 21.6 Å². The molecule has 0 bridgehead atoms. The van der Waals surface area contributed by atoms with Gasteiger partial charge in [-0.2, -0.15) is 5.26 Å². The zero-order valence-corrected chi connectivity index (χ0v) is 14.3. The lowest BCUT2D eigenvalue weighted by Crippen LogP contribution is -2.16. The second-order valence-corrected chi connectivity index (χ2v) is 6.17. The van der Waals surface area contributed by atoms with Crippen molar-refractivity contribution in [1.29, 1.82) is 5.26 Å². The molecule has 1 aliphatic rings. The van der Waals surface area contributed by atoms with Crippen LogP contribution in [-0.2, 0) is 4.74 Å². The lowest BCUT2D eigenvalue weighted by atomic mass is 10.1. The second-order valence-electron chi connectivity index (χ2n) is 6.17. The molecule has 0 saturated carbocycles. The Morgan fingerprint density at radius 3 is 2.96 bits per heavy atom. The Bertz CT molecular complexity index is 1040. The molecule has 1 aromatic heterocycles. The zero-order chi connectivity index (χ0) is 18.8. The SMILES string of the molecule is N#Cc1cc(N)cc2ncnc(Nc3ccc(F)cc3O[C@H]3CCOC3)c12. The van der Waals surface area contributed by atoms with Crippen molar-refractivity contribution in [2.75, 3.05) is 24.3 Å². The van der Waals surface area contributed by atoms with Crippen LogP contribution in [0.5, 0.6) is 5.75 Å². The van der Waals surface area contributed by atoms with Gasteiger partial charge in [0.1, 0.15) is 35.9 Å². The number of hydrogen-bond donors (Lipinski definition) is 2. The van der Waals surface area contributed by atoms with Crippen LogP contribution in [0.2, 0.25) is 0 Å². The minimum absolute atomic E-state index is 0.135. The molecule has 27 heavy (non-hydrogen) atoms. The summed E-state index contributed by atoms with van der Waals surface area (Å²) in [6.45, 7) is 1.08. The number of anilines is 3. The van der Waals surface area contributed by atoms with E-state index in [9.17, 15) is 9.65 Å². The van der Waals surface area contributed by atoms with Crippen LogP contribution in [0.1, 0.15) is 12.0 Å². The molecule has 0 radical (unpaired) electrons. The van der Waals surface area contributed by atoms with Crippen LogP contribution in [0.15, 0.2) is 36.7 Å². The van der Waals surface area contributed by atoms with Crippen molar-refractivity contribution in [1.82, 2.24) is 9.97 Å². The van der Waals surface area contributed by atoms with Crippen molar-refractivity contribution in [2.24, 2.45) is 0 Å². The first kappa shape index (κ1) is 17.0. The summed E-state index contributed by atoms with van der Waals surface area (Å²) in [5.74, 6) is 0.356. The number of aromatic nitrogens is 2. The zero-order valence-electron chi connectivity index (χ0n) is 14.3. The monoisotopic (exact) mass is 365 g/mol. The number of nitrogen functional groups attached to an aromatic ring is 1. The van der Waals surface area contributed by atoms with Crippen molar-refractivity contribution in [3.8, 4) is 11.8 Å². The molecular formula is C19H16FN5O2. The van der Waals surface area contributed by atoms with E-state index >= 15 is 0 Å². The molecule has 8 heteroatoms. The third kappa shape index (κ3) is 3.45. The molecule has 4 rings (SSSR count). The Hall–Kier alpha value is -3.44. The van der Waals surface area contributed by atoms with Gasteiger partial charge in [-0.3, -0.25) is 0 Å². The van der Waals surface area contributed by atoms with Crippen LogP contribution in [0.3, 0.4) is 0 Å². The fourth-order valence-corrected chi connectivity index (χ4v) is 3.01. The molecule has 3 aromatic rings.